The molecule has 5 heteroatoms. The largest absolute Gasteiger partial charge is 0.307 e. The van der Waals surface area contributed by atoms with Gasteiger partial charge in [0.25, 0.3) is 5.91 Å². The predicted molar refractivity (Wildman–Crippen MR) is 98.8 cm³/mol. The van der Waals surface area contributed by atoms with Gasteiger partial charge in [-0.2, -0.15) is 0 Å². The Labute approximate surface area is 147 Å². The van der Waals surface area contributed by atoms with Crippen LogP contribution in [0.4, 0.5) is 5.69 Å². The van der Waals surface area contributed by atoms with E-state index in [0.717, 1.165) is 22.4 Å². The van der Waals surface area contributed by atoms with Crippen LogP contribution in [-0.2, 0) is 6.54 Å². The fraction of sp³-hybridized carbons (Fsp3) is 0.250. The zero-order chi connectivity index (χ0) is 17.8. The number of amides is 1. The summed E-state index contributed by atoms with van der Waals surface area (Å²) in [5.41, 5.74) is 4.59. The first-order chi connectivity index (χ1) is 12.1. The molecule has 0 atom stereocenters. The van der Waals surface area contributed by atoms with E-state index in [2.05, 4.69) is 10.3 Å². The maximum atomic E-state index is 12.9. The smallest absolute Gasteiger partial charge is 0.280 e. The van der Waals surface area contributed by atoms with Gasteiger partial charge < -0.3 is 4.90 Å². The van der Waals surface area contributed by atoms with E-state index < -0.39 is 0 Å². The molecule has 3 aromatic rings. The molecule has 5 nitrogen and oxygen atoms in total. The van der Waals surface area contributed by atoms with E-state index in [1.54, 1.807) is 15.8 Å². The van der Waals surface area contributed by atoms with Crippen molar-refractivity contribution >= 4 is 11.6 Å². The van der Waals surface area contributed by atoms with E-state index >= 15 is 0 Å². The van der Waals surface area contributed by atoms with Crippen LogP contribution >= 0.6 is 0 Å². The summed E-state index contributed by atoms with van der Waals surface area (Å²) in [6.45, 7) is 7.17. The number of rotatable bonds is 5. The number of aromatic nitrogens is 3. The molecule has 0 fully saturated rings. The van der Waals surface area contributed by atoms with Gasteiger partial charge in [-0.05, 0) is 43.5 Å². The van der Waals surface area contributed by atoms with E-state index in [1.165, 1.54) is 0 Å². The molecule has 1 aromatic heterocycles. The van der Waals surface area contributed by atoms with Gasteiger partial charge in [0, 0.05) is 12.2 Å². The highest BCUT2D eigenvalue weighted by molar-refractivity contribution is 6.05. The normalized spacial score (nSPS) is 10.7. The summed E-state index contributed by atoms with van der Waals surface area (Å²) in [5, 5.41) is 8.18. The van der Waals surface area contributed by atoms with Crippen molar-refractivity contribution in [2.75, 3.05) is 11.4 Å². The number of hydrogen-bond donors (Lipinski definition) is 0. The topological polar surface area (TPSA) is 51.0 Å². The van der Waals surface area contributed by atoms with Gasteiger partial charge in [-0.25, -0.2) is 4.68 Å². The molecule has 2 aromatic carbocycles. The Balaban J connectivity index is 1.83. The molecule has 0 saturated carbocycles. The van der Waals surface area contributed by atoms with Crippen LogP contribution in [0.1, 0.15) is 34.1 Å². The number of carbonyl (C=O) groups excluding carboxylic acids is 1. The molecule has 0 bridgehead atoms. The average Bonchev–Trinajstić information content (AvgIpc) is 3.08. The van der Waals surface area contributed by atoms with Crippen LogP contribution in [0, 0.1) is 13.8 Å². The summed E-state index contributed by atoms with van der Waals surface area (Å²) in [6.07, 6.45) is 1.71. The molecule has 0 unspecified atom stereocenters. The van der Waals surface area contributed by atoms with Gasteiger partial charge in [0.1, 0.15) is 0 Å². The number of aryl methyl sites for hydroxylation is 2. The summed E-state index contributed by atoms with van der Waals surface area (Å²) < 4.78 is 1.69. The number of nitrogens with zero attached hydrogens (tertiary/aromatic N) is 4. The Morgan fingerprint density at radius 3 is 2.60 bits per heavy atom. The highest BCUT2D eigenvalue weighted by atomic mass is 16.2. The van der Waals surface area contributed by atoms with Crippen LogP contribution in [-0.4, -0.2) is 27.4 Å². The highest BCUT2D eigenvalue weighted by Crippen LogP contribution is 2.23. The van der Waals surface area contributed by atoms with Crippen LogP contribution in [0.2, 0.25) is 0 Å². The molecule has 1 heterocycles. The second-order valence-corrected chi connectivity index (χ2v) is 6.13. The van der Waals surface area contributed by atoms with Gasteiger partial charge in [-0.3, -0.25) is 4.79 Å². The van der Waals surface area contributed by atoms with Gasteiger partial charge in [0.2, 0.25) is 0 Å². The molecule has 0 aliphatic rings. The Hall–Kier alpha value is -2.95. The van der Waals surface area contributed by atoms with Crippen molar-refractivity contribution in [2.24, 2.45) is 0 Å². The first kappa shape index (κ1) is 16.9. The first-order valence-electron chi connectivity index (χ1n) is 8.41. The fourth-order valence-electron chi connectivity index (χ4n) is 2.82. The van der Waals surface area contributed by atoms with Crippen LogP contribution < -0.4 is 4.90 Å². The highest BCUT2D eigenvalue weighted by Gasteiger charge is 2.21. The van der Waals surface area contributed by atoms with E-state index in [4.69, 9.17) is 0 Å². The number of hydrogen-bond acceptors (Lipinski definition) is 3. The van der Waals surface area contributed by atoms with Crippen molar-refractivity contribution in [3.63, 3.8) is 0 Å². The van der Waals surface area contributed by atoms with E-state index in [-0.39, 0.29) is 5.91 Å². The van der Waals surface area contributed by atoms with Gasteiger partial charge in [0.15, 0.2) is 5.69 Å². The summed E-state index contributed by atoms with van der Waals surface area (Å²) in [5.74, 6) is -0.129. The SMILES string of the molecule is CCN(C(=O)c1cn(Cc2ccccc2)nn1)c1cc(C)ccc1C. The van der Waals surface area contributed by atoms with Gasteiger partial charge in [0.05, 0.1) is 12.7 Å². The lowest BCUT2D eigenvalue weighted by Gasteiger charge is -2.22. The standard InChI is InChI=1S/C20H22N4O/c1-4-24(19-12-15(2)10-11-16(19)3)20(25)18-14-23(22-21-18)13-17-8-6-5-7-9-17/h5-12,14H,4,13H2,1-3H3. The second-order valence-electron chi connectivity index (χ2n) is 6.13. The predicted octanol–water partition coefficient (Wildman–Crippen LogP) is 3.61. The number of anilines is 1. The molecule has 1 amide bonds. The summed E-state index contributed by atoms with van der Waals surface area (Å²) in [4.78, 5) is 14.7. The van der Waals surface area contributed by atoms with Crippen molar-refractivity contribution < 1.29 is 4.79 Å². The molecule has 3 rings (SSSR count). The van der Waals surface area contributed by atoms with Crippen LogP contribution in [0.3, 0.4) is 0 Å². The number of carbonyl (C=O) groups is 1. The summed E-state index contributed by atoms with van der Waals surface area (Å²) in [7, 11) is 0. The third kappa shape index (κ3) is 3.76. The second kappa shape index (κ2) is 7.30. The lowest BCUT2D eigenvalue weighted by Crippen LogP contribution is -2.31. The first-order valence-corrected chi connectivity index (χ1v) is 8.41. The van der Waals surface area contributed by atoms with Gasteiger partial charge in [-0.15, -0.1) is 5.10 Å². The van der Waals surface area contributed by atoms with Crippen molar-refractivity contribution in [1.82, 2.24) is 15.0 Å². The van der Waals surface area contributed by atoms with E-state index in [0.29, 0.717) is 18.8 Å². The molecule has 0 radical (unpaired) electrons. The summed E-state index contributed by atoms with van der Waals surface area (Å²) >= 11 is 0. The molecule has 0 N–H and O–H groups in total. The molecule has 0 aliphatic carbocycles. The Morgan fingerprint density at radius 1 is 1.12 bits per heavy atom. The van der Waals surface area contributed by atoms with Crippen molar-refractivity contribution in [2.45, 2.75) is 27.3 Å². The molecule has 0 aliphatic heterocycles. The van der Waals surface area contributed by atoms with Gasteiger partial charge in [-0.1, -0.05) is 47.7 Å². The molecule has 128 valence electrons. The minimum atomic E-state index is -0.129. The molecular formula is C20H22N4O. The zero-order valence-corrected chi connectivity index (χ0v) is 14.8. The lowest BCUT2D eigenvalue weighted by molar-refractivity contribution is 0.0983. The third-order valence-corrected chi connectivity index (χ3v) is 4.16. The lowest BCUT2D eigenvalue weighted by atomic mass is 10.1. The van der Waals surface area contributed by atoms with Crippen molar-refractivity contribution in [3.8, 4) is 0 Å². The fourth-order valence-corrected chi connectivity index (χ4v) is 2.82. The molecular weight excluding hydrogens is 312 g/mol. The molecule has 0 spiro atoms. The minimum Gasteiger partial charge on any atom is -0.307 e. The van der Waals surface area contributed by atoms with E-state index in [1.807, 2.05) is 69.3 Å². The average molecular weight is 334 g/mol. The van der Waals surface area contributed by atoms with Crippen LogP contribution in [0.5, 0.6) is 0 Å². The Morgan fingerprint density at radius 2 is 1.88 bits per heavy atom. The molecule has 25 heavy (non-hydrogen) atoms. The monoisotopic (exact) mass is 334 g/mol. The van der Waals surface area contributed by atoms with Crippen LogP contribution in [0.15, 0.2) is 54.7 Å². The maximum Gasteiger partial charge on any atom is 0.280 e. The minimum absolute atomic E-state index is 0.129. The number of benzene rings is 2. The van der Waals surface area contributed by atoms with Crippen molar-refractivity contribution in [3.05, 3.63) is 77.1 Å². The quantitative estimate of drug-likeness (QED) is 0.716. The third-order valence-electron chi connectivity index (χ3n) is 4.16. The van der Waals surface area contributed by atoms with E-state index in [9.17, 15) is 4.79 Å². The Kier molecular flexibility index (Phi) is 4.93. The van der Waals surface area contributed by atoms with Gasteiger partial charge >= 0.3 is 0 Å². The van der Waals surface area contributed by atoms with Crippen LogP contribution in [0.25, 0.3) is 0 Å². The Bertz CT molecular complexity index is 870. The van der Waals surface area contributed by atoms with Crippen molar-refractivity contribution in [1.29, 1.82) is 0 Å². The summed E-state index contributed by atoms with van der Waals surface area (Å²) in [6, 6.07) is 16.1. The maximum absolute atomic E-state index is 12.9. The zero-order valence-electron chi connectivity index (χ0n) is 14.8. The molecule has 0 saturated heterocycles.